The fourth-order valence-corrected chi connectivity index (χ4v) is 4.32. The molecule has 0 atom stereocenters. The zero-order valence-electron chi connectivity index (χ0n) is 10.5. The van der Waals surface area contributed by atoms with Crippen molar-refractivity contribution in [3.63, 3.8) is 0 Å². The molecule has 0 aliphatic carbocycles. The molecule has 2 aliphatic heterocycles. The molecule has 4 nitrogen and oxygen atoms in total. The van der Waals surface area contributed by atoms with E-state index in [9.17, 15) is 9.59 Å². The summed E-state index contributed by atoms with van der Waals surface area (Å²) in [6, 6.07) is 7.71. The lowest BCUT2D eigenvalue weighted by molar-refractivity contribution is 0.0933. The van der Waals surface area contributed by atoms with Crippen LogP contribution in [0.4, 0.5) is 4.79 Å². The Bertz CT molecular complexity index is 535. The predicted octanol–water partition coefficient (Wildman–Crippen LogP) is 2.88. The van der Waals surface area contributed by atoms with Crippen LogP contribution in [-0.2, 0) is 0 Å². The summed E-state index contributed by atoms with van der Waals surface area (Å²) in [5.41, 5.74) is 0.818. The Hall–Kier alpha value is -1.49. The van der Waals surface area contributed by atoms with Crippen LogP contribution in [0.15, 0.2) is 29.2 Å². The van der Waals surface area contributed by atoms with E-state index in [0.717, 1.165) is 23.3 Å². The first kappa shape index (κ1) is 12.5. The van der Waals surface area contributed by atoms with Crippen molar-refractivity contribution >= 4 is 23.6 Å². The Morgan fingerprint density at radius 3 is 2.63 bits per heavy atom. The number of piperidine rings is 1. The van der Waals surface area contributed by atoms with E-state index in [0.29, 0.717) is 19.5 Å². The lowest BCUT2D eigenvalue weighted by atomic mass is 9.88. The minimum atomic E-state index is -0.859. The second-order valence-corrected chi connectivity index (χ2v) is 6.66. The summed E-state index contributed by atoms with van der Waals surface area (Å²) < 4.78 is -0.0998. The second kappa shape index (κ2) is 4.56. The van der Waals surface area contributed by atoms with E-state index in [1.807, 2.05) is 24.3 Å². The van der Waals surface area contributed by atoms with Crippen LogP contribution in [0.2, 0.25) is 0 Å². The predicted molar refractivity (Wildman–Crippen MR) is 72.8 cm³/mol. The van der Waals surface area contributed by atoms with Gasteiger partial charge in [0.05, 0.1) is 0 Å². The first-order valence-electron chi connectivity index (χ1n) is 6.39. The molecule has 2 heterocycles. The van der Waals surface area contributed by atoms with Crippen LogP contribution < -0.4 is 0 Å². The Labute approximate surface area is 115 Å². The number of carboxylic acid groups (broad SMARTS) is 1. The summed E-state index contributed by atoms with van der Waals surface area (Å²) in [6.45, 7) is 1.05. The van der Waals surface area contributed by atoms with Gasteiger partial charge >= 0.3 is 6.09 Å². The molecule has 1 fully saturated rings. The van der Waals surface area contributed by atoms with Crippen molar-refractivity contribution in [3.05, 3.63) is 29.8 Å². The molecule has 0 bridgehead atoms. The smallest absolute Gasteiger partial charge is 0.407 e. The van der Waals surface area contributed by atoms with Gasteiger partial charge in [-0.25, -0.2) is 4.79 Å². The monoisotopic (exact) mass is 277 g/mol. The molecule has 100 valence electrons. The Balaban J connectivity index is 1.82. The molecule has 2 aliphatic rings. The summed E-state index contributed by atoms with van der Waals surface area (Å²) in [5.74, 6) is 0.193. The number of rotatable bonds is 0. The number of amides is 1. The van der Waals surface area contributed by atoms with Crippen molar-refractivity contribution in [1.82, 2.24) is 4.90 Å². The molecular formula is C14H15NO3S. The number of carbonyl (C=O) groups is 2. The molecule has 3 rings (SSSR count). The largest absolute Gasteiger partial charge is 0.465 e. The molecule has 0 saturated carbocycles. The maximum absolute atomic E-state index is 12.2. The number of thioether (sulfide) groups is 1. The van der Waals surface area contributed by atoms with Gasteiger partial charge in [0.2, 0.25) is 0 Å². The van der Waals surface area contributed by atoms with Crippen molar-refractivity contribution in [1.29, 1.82) is 0 Å². The molecular weight excluding hydrogens is 262 g/mol. The maximum Gasteiger partial charge on any atom is 0.407 e. The number of nitrogens with zero attached hydrogens (tertiary/aromatic N) is 1. The highest BCUT2D eigenvalue weighted by atomic mass is 32.2. The van der Waals surface area contributed by atoms with Crippen LogP contribution in [0.5, 0.6) is 0 Å². The van der Waals surface area contributed by atoms with E-state index in [4.69, 9.17) is 5.11 Å². The highest BCUT2D eigenvalue weighted by Crippen LogP contribution is 2.48. The lowest BCUT2D eigenvalue weighted by Gasteiger charge is -2.42. The van der Waals surface area contributed by atoms with E-state index in [1.165, 1.54) is 4.90 Å². The third kappa shape index (κ3) is 2.23. The lowest BCUT2D eigenvalue weighted by Crippen LogP contribution is -2.46. The quantitative estimate of drug-likeness (QED) is 0.792. The van der Waals surface area contributed by atoms with Crippen LogP contribution in [0.1, 0.15) is 29.6 Å². The summed E-state index contributed by atoms with van der Waals surface area (Å²) in [4.78, 5) is 25.7. The van der Waals surface area contributed by atoms with Gasteiger partial charge in [-0.15, -0.1) is 11.8 Å². The molecule has 5 heteroatoms. The minimum Gasteiger partial charge on any atom is -0.465 e. The summed E-state index contributed by atoms with van der Waals surface area (Å²) in [5, 5.41) is 8.99. The molecule has 1 aromatic rings. The van der Waals surface area contributed by atoms with Gasteiger partial charge in [-0.1, -0.05) is 18.2 Å². The summed E-state index contributed by atoms with van der Waals surface area (Å²) in [6.07, 6.45) is 1.18. The number of benzene rings is 1. The van der Waals surface area contributed by atoms with Crippen LogP contribution in [0, 0.1) is 0 Å². The van der Waals surface area contributed by atoms with Crippen molar-refractivity contribution in [2.45, 2.75) is 28.9 Å². The number of fused-ring (bicyclic) bond motifs is 1. The minimum absolute atomic E-state index is 0.0998. The molecule has 1 saturated heterocycles. The van der Waals surface area contributed by atoms with Gasteiger partial charge in [-0.3, -0.25) is 4.79 Å². The molecule has 1 spiro atoms. The number of ketones is 1. The summed E-state index contributed by atoms with van der Waals surface area (Å²) in [7, 11) is 0. The Morgan fingerprint density at radius 1 is 1.26 bits per heavy atom. The second-order valence-electron chi connectivity index (χ2n) is 5.15. The van der Waals surface area contributed by atoms with Crippen LogP contribution in [0.25, 0.3) is 0 Å². The SMILES string of the molecule is O=C1CC2(CCN(C(=O)O)CC2)Sc2ccccc21. The molecule has 1 N–H and O–H groups in total. The van der Waals surface area contributed by atoms with Gasteiger partial charge < -0.3 is 10.0 Å². The van der Waals surface area contributed by atoms with Gasteiger partial charge in [-0.2, -0.15) is 0 Å². The van der Waals surface area contributed by atoms with Crippen LogP contribution in [-0.4, -0.2) is 39.7 Å². The van der Waals surface area contributed by atoms with Gasteiger partial charge in [0.15, 0.2) is 5.78 Å². The average Bonchev–Trinajstić information content (AvgIpc) is 2.39. The number of hydrogen-bond donors (Lipinski definition) is 1. The van der Waals surface area contributed by atoms with E-state index in [-0.39, 0.29) is 10.5 Å². The fourth-order valence-electron chi connectivity index (χ4n) is 2.83. The Kier molecular flexibility index (Phi) is 3.01. The van der Waals surface area contributed by atoms with E-state index in [1.54, 1.807) is 11.8 Å². The Morgan fingerprint density at radius 2 is 1.95 bits per heavy atom. The zero-order valence-corrected chi connectivity index (χ0v) is 11.3. The first-order valence-corrected chi connectivity index (χ1v) is 7.20. The van der Waals surface area contributed by atoms with Gasteiger partial charge in [0.25, 0.3) is 0 Å². The third-order valence-corrected chi connectivity index (χ3v) is 5.50. The maximum atomic E-state index is 12.2. The molecule has 19 heavy (non-hydrogen) atoms. The van der Waals surface area contributed by atoms with Gasteiger partial charge in [0.1, 0.15) is 0 Å². The van der Waals surface area contributed by atoms with Gasteiger partial charge in [-0.05, 0) is 18.9 Å². The number of likely N-dealkylation sites (tertiary alicyclic amines) is 1. The van der Waals surface area contributed by atoms with Gasteiger partial charge in [0, 0.05) is 34.7 Å². The molecule has 0 unspecified atom stereocenters. The molecule has 1 aromatic carbocycles. The molecule has 1 amide bonds. The number of hydrogen-bond acceptors (Lipinski definition) is 3. The fraction of sp³-hybridized carbons (Fsp3) is 0.429. The summed E-state index contributed by atoms with van der Waals surface area (Å²) >= 11 is 1.76. The van der Waals surface area contributed by atoms with E-state index < -0.39 is 6.09 Å². The van der Waals surface area contributed by atoms with E-state index >= 15 is 0 Å². The third-order valence-electron chi connectivity index (χ3n) is 3.94. The standard InChI is InChI=1S/C14H15NO3S/c16-11-9-14(5-7-15(8-6-14)13(17)18)19-12-4-2-1-3-10(11)12/h1-4H,5-9H2,(H,17,18). The van der Waals surface area contributed by atoms with Crippen molar-refractivity contribution in [3.8, 4) is 0 Å². The number of Topliss-reactive ketones (excluding diaryl/α,β-unsaturated/α-hetero) is 1. The first-order chi connectivity index (χ1) is 9.10. The van der Waals surface area contributed by atoms with Crippen LogP contribution in [0.3, 0.4) is 0 Å². The normalized spacial score (nSPS) is 21.3. The molecule has 0 radical (unpaired) electrons. The molecule has 0 aromatic heterocycles. The van der Waals surface area contributed by atoms with Crippen LogP contribution >= 0.6 is 11.8 Å². The van der Waals surface area contributed by atoms with Crippen molar-refractivity contribution in [2.24, 2.45) is 0 Å². The average molecular weight is 277 g/mol. The van der Waals surface area contributed by atoms with E-state index in [2.05, 4.69) is 0 Å². The van der Waals surface area contributed by atoms with Crippen molar-refractivity contribution in [2.75, 3.05) is 13.1 Å². The van der Waals surface area contributed by atoms with Crippen molar-refractivity contribution < 1.29 is 14.7 Å². The highest BCUT2D eigenvalue weighted by Gasteiger charge is 2.42. The highest BCUT2D eigenvalue weighted by molar-refractivity contribution is 8.01. The zero-order chi connectivity index (χ0) is 13.5. The number of carbonyl (C=O) groups excluding carboxylic acids is 1. The topological polar surface area (TPSA) is 57.6 Å².